The second kappa shape index (κ2) is 14.2. The van der Waals surface area contributed by atoms with Crippen LogP contribution in [0.2, 0.25) is 0 Å². The molecule has 248 valence electrons. The quantitative estimate of drug-likeness (QED) is 0.0271. The van der Waals surface area contributed by atoms with Crippen molar-refractivity contribution in [1.82, 2.24) is 0 Å². The van der Waals surface area contributed by atoms with Gasteiger partial charge in [0.15, 0.2) is 0 Å². The first-order valence-corrected chi connectivity index (χ1v) is 14.0. The lowest BCUT2D eigenvalue weighted by Gasteiger charge is -2.25. The maximum absolute atomic E-state index is 14.1. The number of amides is 3. The zero-order chi connectivity index (χ0) is 35.3. The highest BCUT2D eigenvalue weighted by atomic mass is 19.2. The molecule has 0 atom stereocenters. The Labute approximate surface area is 270 Å². The van der Waals surface area contributed by atoms with Gasteiger partial charge >= 0.3 is 12.0 Å². The van der Waals surface area contributed by atoms with Gasteiger partial charge in [0, 0.05) is 16.9 Å². The molecule has 4 aromatic rings. The zero-order valence-corrected chi connectivity index (χ0v) is 25.6. The number of anilines is 2. The molecule has 0 saturated carbocycles. The Hall–Kier alpha value is -5.99. The molecule has 10 nitrogen and oxygen atoms in total. The largest absolute Gasteiger partial charge is 0.416 e. The van der Waals surface area contributed by atoms with Crippen LogP contribution in [0, 0.1) is 34.6 Å². The van der Waals surface area contributed by atoms with Crippen molar-refractivity contribution in [2.45, 2.75) is 32.7 Å². The molecular formula is C33H27F5N6O4. The van der Waals surface area contributed by atoms with E-state index in [4.69, 9.17) is 11.3 Å². The molecule has 4 aromatic carbocycles. The number of aliphatic imine (C=N–C) groups is 1. The molecule has 0 aliphatic heterocycles. The number of nitrogens with one attached hydrogen (secondary N) is 2. The molecule has 0 aromatic heterocycles. The van der Waals surface area contributed by atoms with Gasteiger partial charge in [0.25, 0.3) is 5.91 Å². The second-order valence-corrected chi connectivity index (χ2v) is 11.3. The molecule has 0 bridgehead atoms. The summed E-state index contributed by atoms with van der Waals surface area (Å²) in [4.78, 5) is 43.4. The third kappa shape index (κ3) is 7.86. The van der Waals surface area contributed by atoms with Crippen LogP contribution >= 0.6 is 0 Å². The van der Waals surface area contributed by atoms with Crippen LogP contribution in [-0.2, 0) is 12.0 Å². The van der Waals surface area contributed by atoms with Crippen LogP contribution in [0.4, 0.5) is 38.1 Å². The van der Waals surface area contributed by atoms with Gasteiger partial charge in [-0.1, -0.05) is 51.1 Å². The summed E-state index contributed by atoms with van der Waals surface area (Å²) in [6.07, 6.45) is 0. The number of rotatable bonds is 7. The fourth-order valence-corrected chi connectivity index (χ4v) is 4.29. The summed E-state index contributed by atoms with van der Waals surface area (Å²) in [7, 11) is 0. The van der Waals surface area contributed by atoms with Crippen LogP contribution in [0.15, 0.2) is 82.9 Å². The summed E-state index contributed by atoms with van der Waals surface area (Å²) in [5.74, 6) is -16.1. The lowest BCUT2D eigenvalue weighted by Crippen LogP contribution is -2.34. The molecule has 4 N–H and O–H groups in total. The van der Waals surface area contributed by atoms with E-state index in [-0.39, 0.29) is 28.8 Å². The average Bonchev–Trinajstić information content (AvgIpc) is 3.07. The molecule has 0 unspecified atom stereocenters. The number of urea groups is 1. The fraction of sp³-hybridized carbons (Fsp3) is 0.152. The molecule has 3 amide bonds. The Morgan fingerprint density at radius 2 is 1.42 bits per heavy atom. The van der Waals surface area contributed by atoms with Crippen molar-refractivity contribution >= 4 is 35.2 Å². The van der Waals surface area contributed by atoms with Gasteiger partial charge in [0.2, 0.25) is 40.8 Å². The molecule has 0 spiro atoms. The van der Waals surface area contributed by atoms with Gasteiger partial charge < -0.3 is 15.8 Å². The van der Waals surface area contributed by atoms with Crippen LogP contribution in [-0.4, -0.2) is 23.9 Å². The maximum Gasteiger partial charge on any atom is 0.343 e. The number of carbonyl (C=O) groups excluding carboxylic acids is 3. The molecule has 0 radical (unpaired) electrons. The number of halogens is 5. The number of hydrogen-bond acceptors (Lipinski definition) is 5. The van der Waals surface area contributed by atoms with E-state index in [1.165, 1.54) is 29.2 Å². The number of guanidine groups is 1. The molecular weight excluding hydrogens is 639 g/mol. The SMILES string of the molecule is CC(C)(C)c1ccc(N(Cc2ccc(C(=O)N=C(N)N=N)cc2)C(=O)Nc2cccc(C(=O)Oc3c(F)c(F)c(F)c(F)c3F)c2)cc1. The maximum atomic E-state index is 14.1. The number of ether oxygens (including phenoxy) is 1. The fourth-order valence-electron chi connectivity index (χ4n) is 4.29. The Morgan fingerprint density at radius 1 is 0.833 bits per heavy atom. The van der Waals surface area contributed by atoms with Crippen LogP contribution in [0.25, 0.3) is 0 Å². The lowest BCUT2D eigenvalue weighted by atomic mass is 9.87. The Morgan fingerprint density at radius 3 is 1.98 bits per heavy atom. The minimum atomic E-state index is -2.41. The van der Waals surface area contributed by atoms with Crippen molar-refractivity contribution in [3.05, 3.63) is 124 Å². The van der Waals surface area contributed by atoms with E-state index in [1.807, 2.05) is 32.9 Å². The van der Waals surface area contributed by atoms with Crippen molar-refractivity contribution in [1.29, 1.82) is 5.53 Å². The highest BCUT2D eigenvalue weighted by Gasteiger charge is 2.29. The Balaban J connectivity index is 1.60. The number of carbonyl (C=O) groups is 3. The van der Waals surface area contributed by atoms with E-state index < -0.39 is 58.7 Å². The first kappa shape index (κ1) is 34.9. The summed E-state index contributed by atoms with van der Waals surface area (Å²) >= 11 is 0. The molecule has 0 aliphatic carbocycles. The topological polar surface area (TPSA) is 150 Å². The van der Waals surface area contributed by atoms with Crippen molar-refractivity contribution in [3.63, 3.8) is 0 Å². The number of hydrogen-bond donors (Lipinski definition) is 3. The van der Waals surface area contributed by atoms with Crippen molar-refractivity contribution in [2.75, 3.05) is 10.2 Å². The van der Waals surface area contributed by atoms with Crippen LogP contribution in [0.5, 0.6) is 5.75 Å². The molecule has 0 heterocycles. The molecule has 0 saturated heterocycles. The molecule has 15 heteroatoms. The van der Waals surface area contributed by atoms with Gasteiger partial charge in [-0.15, -0.1) is 5.11 Å². The minimum Gasteiger partial charge on any atom is -0.416 e. The highest BCUT2D eigenvalue weighted by molar-refractivity contribution is 6.03. The van der Waals surface area contributed by atoms with E-state index in [0.717, 1.165) is 17.7 Å². The van der Waals surface area contributed by atoms with Gasteiger partial charge in [-0.3, -0.25) is 9.69 Å². The third-order valence-corrected chi connectivity index (χ3v) is 6.88. The van der Waals surface area contributed by atoms with E-state index in [0.29, 0.717) is 11.3 Å². The summed E-state index contributed by atoms with van der Waals surface area (Å²) in [6.45, 7) is 6.06. The van der Waals surface area contributed by atoms with Crippen LogP contribution < -0.4 is 20.7 Å². The Bertz CT molecular complexity index is 1900. The second-order valence-electron chi connectivity index (χ2n) is 11.3. The normalized spacial score (nSPS) is 11.5. The lowest BCUT2D eigenvalue weighted by molar-refractivity contribution is 0.0715. The van der Waals surface area contributed by atoms with Gasteiger partial charge in [0.05, 0.1) is 12.1 Å². The first-order valence-electron chi connectivity index (χ1n) is 14.0. The monoisotopic (exact) mass is 666 g/mol. The summed E-state index contributed by atoms with van der Waals surface area (Å²) in [5.41, 5.74) is 13.8. The number of nitrogens with zero attached hydrogens (tertiary/aromatic N) is 3. The van der Waals surface area contributed by atoms with Gasteiger partial charge in [-0.25, -0.2) is 28.3 Å². The van der Waals surface area contributed by atoms with Crippen molar-refractivity contribution in [2.24, 2.45) is 15.8 Å². The summed E-state index contributed by atoms with van der Waals surface area (Å²) in [6, 6.07) is 17.5. The predicted molar refractivity (Wildman–Crippen MR) is 166 cm³/mol. The van der Waals surface area contributed by atoms with Crippen LogP contribution in [0.1, 0.15) is 52.6 Å². The van der Waals surface area contributed by atoms with Crippen molar-refractivity contribution < 1.29 is 41.1 Å². The average molecular weight is 667 g/mol. The summed E-state index contributed by atoms with van der Waals surface area (Å²) < 4.78 is 73.2. The van der Waals surface area contributed by atoms with Crippen molar-refractivity contribution in [3.8, 4) is 5.75 Å². The van der Waals surface area contributed by atoms with E-state index in [1.54, 1.807) is 24.3 Å². The van der Waals surface area contributed by atoms with E-state index in [9.17, 15) is 36.3 Å². The van der Waals surface area contributed by atoms with Gasteiger partial charge in [-0.05, 0) is 59.0 Å². The predicted octanol–water partition coefficient (Wildman–Crippen LogP) is 7.62. The van der Waals surface area contributed by atoms with Gasteiger partial charge in [0.1, 0.15) is 0 Å². The first-order chi connectivity index (χ1) is 22.6. The molecule has 4 rings (SSSR count). The molecule has 0 fully saturated rings. The standard InChI is InChI=1S/C33H27F5N6O4/c1-33(2,3)20-11-13-22(14-12-20)44(16-17-7-9-18(10-8-17)29(45)42-31(39)43-40)32(47)41-21-6-4-5-19(15-21)30(46)48-28-26(37)24(35)23(34)25(36)27(28)38/h4-15,40H,16H2,1-3H3,(H,41,47)(H2,39,42,45). The van der Waals surface area contributed by atoms with Crippen LogP contribution in [0.3, 0.4) is 0 Å². The number of nitrogens with two attached hydrogens (primary N) is 1. The molecule has 48 heavy (non-hydrogen) atoms. The molecule has 0 aliphatic rings. The van der Waals surface area contributed by atoms with E-state index in [2.05, 4.69) is 20.2 Å². The smallest absolute Gasteiger partial charge is 0.343 e. The third-order valence-electron chi connectivity index (χ3n) is 6.88. The summed E-state index contributed by atoms with van der Waals surface area (Å²) in [5, 5.41) is 5.50. The zero-order valence-electron chi connectivity index (χ0n) is 25.6. The van der Waals surface area contributed by atoms with E-state index >= 15 is 0 Å². The number of esters is 1. The number of benzene rings is 4. The van der Waals surface area contributed by atoms with Gasteiger partial charge in [-0.2, -0.15) is 13.8 Å². The highest BCUT2D eigenvalue weighted by Crippen LogP contribution is 2.30. The minimum absolute atomic E-state index is 0.00932. The Kier molecular flexibility index (Phi) is 10.3.